The second-order valence-electron chi connectivity index (χ2n) is 7.85. The van der Waals surface area contributed by atoms with Crippen LogP contribution in [0.2, 0.25) is 5.02 Å². The SMILES string of the molecule is Cc1sc(NC(=O)C(C)(C)C)c(C(=O)OC(C)C(=O)Nc2ccc(F)cc2Cl)c1C. The van der Waals surface area contributed by atoms with Gasteiger partial charge in [0, 0.05) is 10.3 Å². The average molecular weight is 455 g/mol. The van der Waals surface area contributed by atoms with E-state index < -0.39 is 29.2 Å². The molecule has 0 radical (unpaired) electrons. The Hall–Kier alpha value is -2.45. The first kappa shape index (κ1) is 23.8. The van der Waals surface area contributed by atoms with Crippen molar-refractivity contribution in [3.05, 3.63) is 45.0 Å². The topological polar surface area (TPSA) is 84.5 Å². The molecule has 0 saturated heterocycles. The largest absolute Gasteiger partial charge is 0.449 e. The van der Waals surface area contributed by atoms with E-state index in [1.165, 1.54) is 24.3 Å². The zero-order chi connectivity index (χ0) is 22.8. The number of aryl methyl sites for hydroxylation is 1. The summed E-state index contributed by atoms with van der Waals surface area (Å²) in [6.07, 6.45) is -1.15. The lowest BCUT2D eigenvalue weighted by Crippen LogP contribution is -2.31. The lowest BCUT2D eigenvalue weighted by Gasteiger charge is -2.18. The number of anilines is 2. The molecule has 0 spiro atoms. The summed E-state index contributed by atoms with van der Waals surface area (Å²) in [5, 5.41) is 5.68. The third-order valence-corrected chi connectivity index (χ3v) is 5.78. The molecule has 1 aromatic heterocycles. The van der Waals surface area contributed by atoms with Crippen LogP contribution in [0.5, 0.6) is 0 Å². The molecule has 6 nitrogen and oxygen atoms in total. The highest BCUT2D eigenvalue weighted by molar-refractivity contribution is 7.16. The van der Waals surface area contributed by atoms with Gasteiger partial charge in [-0.05, 0) is 44.5 Å². The van der Waals surface area contributed by atoms with Crippen molar-refractivity contribution in [1.29, 1.82) is 0 Å². The number of hydrogen-bond acceptors (Lipinski definition) is 5. The Morgan fingerprint density at radius 1 is 1.17 bits per heavy atom. The van der Waals surface area contributed by atoms with Gasteiger partial charge in [0.05, 0.1) is 16.3 Å². The summed E-state index contributed by atoms with van der Waals surface area (Å²) in [7, 11) is 0. The van der Waals surface area contributed by atoms with Crippen LogP contribution in [0.15, 0.2) is 18.2 Å². The molecule has 0 aliphatic rings. The molecule has 2 rings (SSSR count). The summed E-state index contributed by atoms with van der Waals surface area (Å²) in [5.74, 6) is -2.13. The first-order chi connectivity index (χ1) is 13.8. The van der Waals surface area contributed by atoms with Crippen molar-refractivity contribution >= 4 is 51.4 Å². The molecule has 1 aromatic carbocycles. The first-order valence-corrected chi connectivity index (χ1v) is 10.4. The lowest BCUT2D eigenvalue weighted by molar-refractivity contribution is -0.124. The van der Waals surface area contributed by atoms with E-state index in [1.54, 1.807) is 27.7 Å². The van der Waals surface area contributed by atoms with Crippen LogP contribution in [-0.2, 0) is 14.3 Å². The van der Waals surface area contributed by atoms with Gasteiger partial charge in [0.15, 0.2) is 6.10 Å². The van der Waals surface area contributed by atoms with Crippen molar-refractivity contribution < 1.29 is 23.5 Å². The smallest absolute Gasteiger partial charge is 0.342 e. The van der Waals surface area contributed by atoms with Gasteiger partial charge in [-0.2, -0.15) is 0 Å². The van der Waals surface area contributed by atoms with Crippen LogP contribution in [0.3, 0.4) is 0 Å². The predicted octanol–water partition coefficient (Wildman–Crippen LogP) is 5.33. The molecule has 0 fully saturated rings. The lowest BCUT2D eigenvalue weighted by atomic mass is 9.96. The van der Waals surface area contributed by atoms with Crippen molar-refractivity contribution in [3.8, 4) is 0 Å². The summed E-state index contributed by atoms with van der Waals surface area (Å²) >= 11 is 7.18. The Bertz CT molecular complexity index is 998. The molecule has 2 amide bonds. The van der Waals surface area contributed by atoms with E-state index in [1.807, 2.05) is 6.92 Å². The fourth-order valence-electron chi connectivity index (χ4n) is 2.35. The number of halogens is 2. The first-order valence-electron chi connectivity index (χ1n) is 9.19. The highest BCUT2D eigenvalue weighted by atomic mass is 35.5. The number of carbonyl (C=O) groups excluding carboxylic acids is 3. The minimum Gasteiger partial charge on any atom is -0.449 e. The Morgan fingerprint density at radius 3 is 2.37 bits per heavy atom. The molecule has 30 heavy (non-hydrogen) atoms. The molecule has 0 aliphatic carbocycles. The second-order valence-corrected chi connectivity index (χ2v) is 9.48. The molecule has 1 atom stereocenters. The maximum atomic E-state index is 13.1. The Morgan fingerprint density at radius 2 is 1.80 bits per heavy atom. The van der Waals surface area contributed by atoms with Crippen LogP contribution in [-0.4, -0.2) is 23.9 Å². The molecular weight excluding hydrogens is 431 g/mol. The highest BCUT2D eigenvalue weighted by Crippen LogP contribution is 2.34. The highest BCUT2D eigenvalue weighted by Gasteiger charge is 2.29. The number of thiophene rings is 1. The van der Waals surface area contributed by atoms with Crippen LogP contribution in [0.4, 0.5) is 15.1 Å². The van der Waals surface area contributed by atoms with E-state index >= 15 is 0 Å². The minimum absolute atomic E-state index is 0.0263. The number of esters is 1. The van der Waals surface area contributed by atoms with E-state index in [0.29, 0.717) is 10.6 Å². The minimum atomic E-state index is -1.15. The Kier molecular flexibility index (Phi) is 7.26. The van der Waals surface area contributed by atoms with E-state index in [0.717, 1.165) is 17.0 Å². The summed E-state index contributed by atoms with van der Waals surface area (Å²) in [6.45, 7) is 10.3. The van der Waals surface area contributed by atoms with Gasteiger partial charge < -0.3 is 15.4 Å². The Labute approximate surface area is 183 Å². The average Bonchev–Trinajstić information content (AvgIpc) is 2.90. The van der Waals surface area contributed by atoms with Gasteiger partial charge in [-0.3, -0.25) is 9.59 Å². The van der Waals surface area contributed by atoms with Gasteiger partial charge in [-0.1, -0.05) is 32.4 Å². The van der Waals surface area contributed by atoms with Crippen LogP contribution < -0.4 is 10.6 Å². The fourth-order valence-corrected chi connectivity index (χ4v) is 3.61. The molecule has 162 valence electrons. The maximum absolute atomic E-state index is 13.1. The van der Waals surface area contributed by atoms with Gasteiger partial charge >= 0.3 is 5.97 Å². The number of ether oxygens (including phenoxy) is 1. The van der Waals surface area contributed by atoms with Crippen LogP contribution in [0, 0.1) is 25.1 Å². The van der Waals surface area contributed by atoms with Crippen molar-refractivity contribution in [2.24, 2.45) is 5.41 Å². The third kappa shape index (κ3) is 5.58. The quantitative estimate of drug-likeness (QED) is 0.598. The number of carbonyl (C=O) groups is 3. The van der Waals surface area contributed by atoms with E-state index in [2.05, 4.69) is 10.6 Å². The fraction of sp³-hybridized carbons (Fsp3) is 0.381. The molecule has 1 unspecified atom stereocenters. The molecule has 2 N–H and O–H groups in total. The van der Waals surface area contributed by atoms with Crippen molar-refractivity contribution in [2.75, 3.05) is 10.6 Å². The van der Waals surface area contributed by atoms with Crippen LogP contribution in [0.25, 0.3) is 0 Å². The molecule has 0 bridgehead atoms. The number of hydrogen-bond donors (Lipinski definition) is 2. The molecule has 0 saturated carbocycles. The van der Waals surface area contributed by atoms with Gasteiger partial charge in [-0.25, -0.2) is 9.18 Å². The molecule has 9 heteroatoms. The maximum Gasteiger partial charge on any atom is 0.342 e. The Balaban J connectivity index is 2.16. The van der Waals surface area contributed by atoms with Crippen LogP contribution in [0.1, 0.15) is 48.5 Å². The normalized spacial score (nSPS) is 12.3. The van der Waals surface area contributed by atoms with Crippen molar-refractivity contribution in [1.82, 2.24) is 0 Å². The molecular formula is C21H24ClFN2O4S. The third-order valence-electron chi connectivity index (χ3n) is 4.34. The van der Waals surface area contributed by atoms with Crippen LogP contribution >= 0.6 is 22.9 Å². The van der Waals surface area contributed by atoms with Gasteiger partial charge in [0.1, 0.15) is 10.8 Å². The number of rotatable bonds is 5. The summed E-state index contributed by atoms with van der Waals surface area (Å²) in [6, 6.07) is 3.53. The number of amides is 2. The van der Waals surface area contributed by atoms with Crippen molar-refractivity contribution in [2.45, 2.75) is 47.6 Å². The van der Waals surface area contributed by atoms with Gasteiger partial charge in [0.25, 0.3) is 5.91 Å². The molecule has 1 heterocycles. The summed E-state index contributed by atoms with van der Waals surface area (Å²) < 4.78 is 18.5. The standard InChI is InChI=1S/C21H24ClFN2O4S/c1-10-12(3)30-18(25-20(28)21(4,5)6)16(10)19(27)29-11(2)17(26)24-15-8-7-13(23)9-14(15)22/h7-9,11H,1-6H3,(H,24,26)(H,25,28). The predicted molar refractivity (Wildman–Crippen MR) is 117 cm³/mol. The zero-order valence-electron chi connectivity index (χ0n) is 17.6. The van der Waals surface area contributed by atoms with Gasteiger partial charge in [-0.15, -0.1) is 11.3 Å². The van der Waals surface area contributed by atoms with E-state index in [-0.39, 0.29) is 22.2 Å². The van der Waals surface area contributed by atoms with Crippen molar-refractivity contribution in [3.63, 3.8) is 0 Å². The van der Waals surface area contributed by atoms with Gasteiger partial charge in [0.2, 0.25) is 5.91 Å². The zero-order valence-corrected chi connectivity index (χ0v) is 19.2. The number of benzene rings is 1. The molecule has 0 aliphatic heterocycles. The van der Waals surface area contributed by atoms with E-state index in [9.17, 15) is 18.8 Å². The van der Waals surface area contributed by atoms with E-state index in [4.69, 9.17) is 16.3 Å². The monoisotopic (exact) mass is 454 g/mol. The summed E-state index contributed by atoms with van der Waals surface area (Å²) in [4.78, 5) is 38.4. The summed E-state index contributed by atoms with van der Waals surface area (Å²) in [5.41, 5.74) is 0.443. The number of nitrogens with one attached hydrogen (secondary N) is 2. The molecule has 2 aromatic rings. The second kappa shape index (κ2) is 9.14.